The van der Waals surface area contributed by atoms with Crippen molar-refractivity contribution in [3.05, 3.63) is 23.8 Å². The molecule has 0 unspecified atom stereocenters. The number of anilines is 1. The summed E-state index contributed by atoms with van der Waals surface area (Å²) in [5.74, 6) is 0.128. The van der Waals surface area contributed by atoms with Crippen LogP contribution in [-0.4, -0.2) is 11.0 Å². The van der Waals surface area contributed by atoms with Crippen LogP contribution in [0.1, 0.15) is 102 Å². The number of carbonyl (C=O) groups excluding carboxylic acids is 1. The third-order valence-corrected chi connectivity index (χ3v) is 4.93. The molecule has 0 aliphatic rings. The van der Waals surface area contributed by atoms with Gasteiger partial charge in [-0.15, -0.1) is 0 Å². The monoisotopic (exact) mass is 361 g/mol. The number of aryl methyl sites for hydroxylation is 1. The predicted molar refractivity (Wildman–Crippen MR) is 112 cm³/mol. The number of amides is 1. The molecule has 0 aliphatic heterocycles. The van der Waals surface area contributed by atoms with Crippen molar-refractivity contribution in [1.82, 2.24) is 0 Å². The Hall–Kier alpha value is -1.51. The molecule has 26 heavy (non-hydrogen) atoms. The van der Waals surface area contributed by atoms with Gasteiger partial charge in [0.25, 0.3) is 0 Å². The van der Waals surface area contributed by atoms with E-state index in [1.807, 2.05) is 13.0 Å². The molecule has 2 N–H and O–H groups in total. The number of benzene rings is 1. The van der Waals surface area contributed by atoms with E-state index in [0.717, 1.165) is 18.4 Å². The zero-order valence-electron chi connectivity index (χ0n) is 17.0. The molecule has 3 heteroatoms. The predicted octanol–water partition coefficient (Wildman–Crippen LogP) is 7.12. The molecule has 1 amide bonds. The first kappa shape index (κ1) is 22.5. The van der Waals surface area contributed by atoms with E-state index in [2.05, 4.69) is 12.2 Å². The van der Waals surface area contributed by atoms with Crippen molar-refractivity contribution in [3.63, 3.8) is 0 Å². The number of rotatable bonds is 15. The van der Waals surface area contributed by atoms with Gasteiger partial charge in [-0.25, -0.2) is 0 Å². The Balaban J connectivity index is 1.92. The lowest BCUT2D eigenvalue weighted by molar-refractivity contribution is -0.116. The summed E-state index contributed by atoms with van der Waals surface area (Å²) >= 11 is 0. The highest BCUT2D eigenvalue weighted by Crippen LogP contribution is 2.24. The van der Waals surface area contributed by atoms with Gasteiger partial charge in [0.05, 0.1) is 5.69 Å². The van der Waals surface area contributed by atoms with E-state index < -0.39 is 0 Å². The summed E-state index contributed by atoms with van der Waals surface area (Å²) in [6, 6.07) is 5.25. The Bertz CT molecular complexity index is 499. The number of carbonyl (C=O) groups is 1. The lowest BCUT2D eigenvalue weighted by atomic mass is 10.0. The van der Waals surface area contributed by atoms with E-state index in [1.165, 1.54) is 70.6 Å². The standard InChI is InChI=1S/C23H39NO2/c1-3-4-5-6-7-8-9-10-11-12-13-14-15-16-23(26)24-21-19-20(2)17-18-22(21)25/h17-19,25H,3-16H2,1-2H3,(H,24,26). The highest BCUT2D eigenvalue weighted by molar-refractivity contribution is 5.92. The summed E-state index contributed by atoms with van der Waals surface area (Å²) in [6.45, 7) is 4.21. The molecule has 0 aromatic heterocycles. The van der Waals surface area contributed by atoms with Crippen LogP contribution < -0.4 is 5.32 Å². The molecule has 0 heterocycles. The molecule has 0 aliphatic carbocycles. The van der Waals surface area contributed by atoms with Crippen LogP contribution >= 0.6 is 0 Å². The van der Waals surface area contributed by atoms with Crippen molar-refractivity contribution >= 4 is 11.6 Å². The van der Waals surface area contributed by atoms with Crippen molar-refractivity contribution in [2.24, 2.45) is 0 Å². The first-order valence-corrected chi connectivity index (χ1v) is 10.7. The maximum absolute atomic E-state index is 12.0. The fourth-order valence-electron chi connectivity index (χ4n) is 3.27. The summed E-state index contributed by atoms with van der Waals surface area (Å²) in [5, 5.41) is 12.6. The number of unbranched alkanes of at least 4 members (excludes halogenated alkanes) is 12. The topological polar surface area (TPSA) is 49.3 Å². The maximum Gasteiger partial charge on any atom is 0.224 e. The van der Waals surface area contributed by atoms with Gasteiger partial charge in [0, 0.05) is 6.42 Å². The van der Waals surface area contributed by atoms with Crippen molar-refractivity contribution in [1.29, 1.82) is 0 Å². The molecular formula is C23H39NO2. The normalized spacial score (nSPS) is 10.8. The van der Waals surface area contributed by atoms with Crippen LogP contribution in [0.25, 0.3) is 0 Å². The van der Waals surface area contributed by atoms with Crippen LogP contribution in [0.15, 0.2) is 18.2 Å². The second-order valence-corrected chi connectivity index (χ2v) is 7.56. The lowest BCUT2D eigenvalue weighted by Crippen LogP contribution is -2.11. The fraction of sp³-hybridized carbons (Fsp3) is 0.696. The number of nitrogens with one attached hydrogen (secondary N) is 1. The van der Waals surface area contributed by atoms with Gasteiger partial charge in [-0.3, -0.25) is 4.79 Å². The largest absolute Gasteiger partial charge is 0.506 e. The summed E-state index contributed by atoms with van der Waals surface area (Å²) in [6.07, 6.45) is 17.5. The molecule has 148 valence electrons. The van der Waals surface area contributed by atoms with E-state index >= 15 is 0 Å². The van der Waals surface area contributed by atoms with E-state index in [9.17, 15) is 9.90 Å². The molecule has 0 saturated heterocycles. The molecule has 0 atom stereocenters. The molecular weight excluding hydrogens is 322 g/mol. The van der Waals surface area contributed by atoms with Crippen molar-refractivity contribution < 1.29 is 9.90 Å². The highest BCUT2D eigenvalue weighted by Gasteiger charge is 2.06. The quantitative estimate of drug-likeness (QED) is 0.258. The zero-order chi connectivity index (χ0) is 19.0. The molecule has 0 fully saturated rings. The van der Waals surface area contributed by atoms with Crippen LogP contribution in [0.4, 0.5) is 5.69 Å². The second-order valence-electron chi connectivity index (χ2n) is 7.56. The average Bonchev–Trinajstić information content (AvgIpc) is 2.62. The third-order valence-electron chi connectivity index (χ3n) is 4.93. The van der Waals surface area contributed by atoms with Gasteiger partial charge in [0.1, 0.15) is 5.75 Å². The van der Waals surface area contributed by atoms with Crippen molar-refractivity contribution in [2.45, 2.75) is 104 Å². The van der Waals surface area contributed by atoms with Crippen LogP contribution in [0.2, 0.25) is 0 Å². The van der Waals surface area contributed by atoms with Gasteiger partial charge in [0.15, 0.2) is 0 Å². The summed E-state index contributed by atoms with van der Waals surface area (Å²) in [5.41, 5.74) is 1.55. The van der Waals surface area contributed by atoms with E-state index in [4.69, 9.17) is 0 Å². The zero-order valence-corrected chi connectivity index (χ0v) is 17.0. The number of phenolic OH excluding ortho intramolecular Hbond substituents is 1. The number of phenols is 1. The third kappa shape index (κ3) is 11.2. The molecule has 1 rings (SSSR count). The Kier molecular flexibility index (Phi) is 12.7. The minimum atomic E-state index is -0.00558. The van der Waals surface area contributed by atoms with Gasteiger partial charge in [-0.2, -0.15) is 0 Å². The molecule has 3 nitrogen and oxygen atoms in total. The Morgan fingerprint density at radius 2 is 1.35 bits per heavy atom. The van der Waals surface area contributed by atoms with E-state index in [-0.39, 0.29) is 11.7 Å². The average molecular weight is 362 g/mol. The second kappa shape index (κ2) is 14.6. The summed E-state index contributed by atoms with van der Waals surface area (Å²) in [7, 11) is 0. The van der Waals surface area contributed by atoms with Crippen LogP contribution in [-0.2, 0) is 4.79 Å². The van der Waals surface area contributed by atoms with Gasteiger partial charge < -0.3 is 10.4 Å². The Morgan fingerprint density at radius 3 is 1.88 bits per heavy atom. The van der Waals surface area contributed by atoms with Gasteiger partial charge in [-0.1, -0.05) is 90.0 Å². The molecule has 0 radical (unpaired) electrons. The molecule has 0 spiro atoms. The SMILES string of the molecule is CCCCCCCCCCCCCCCC(=O)Nc1cc(C)ccc1O. The molecule has 0 saturated carbocycles. The summed E-state index contributed by atoms with van der Waals surface area (Å²) in [4.78, 5) is 12.0. The number of aromatic hydroxyl groups is 1. The smallest absolute Gasteiger partial charge is 0.224 e. The van der Waals surface area contributed by atoms with Gasteiger partial charge in [0.2, 0.25) is 5.91 Å². The first-order chi connectivity index (χ1) is 12.6. The highest BCUT2D eigenvalue weighted by atomic mass is 16.3. The van der Waals surface area contributed by atoms with E-state index in [1.54, 1.807) is 12.1 Å². The molecule has 0 bridgehead atoms. The minimum absolute atomic E-state index is 0.00558. The Labute approximate surface area is 160 Å². The van der Waals surface area contributed by atoms with Crippen molar-refractivity contribution in [2.75, 3.05) is 5.32 Å². The summed E-state index contributed by atoms with van der Waals surface area (Å²) < 4.78 is 0. The van der Waals surface area contributed by atoms with Gasteiger partial charge >= 0.3 is 0 Å². The van der Waals surface area contributed by atoms with Crippen LogP contribution in [0.5, 0.6) is 5.75 Å². The number of hydrogen-bond donors (Lipinski definition) is 2. The van der Waals surface area contributed by atoms with Gasteiger partial charge in [-0.05, 0) is 31.0 Å². The first-order valence-electron chi connectivity index (χ1n) is 10.7. The van der Waals surface area contributed by atoms with E-state index in [0.29, 0.717) is 12.1 Å². The van der Waals surface area contributed by atoms with Crippen LogP contribution in [0, 0.1) is 6.92 Å². The molecule has 1 aromatic rings. The van der Waals surface area contributed by atoms with Crippen molar-refractivity contribution in [3.8, 4) is 5.75 Å². The maximum atomic E-state index is 12.0. The minimum Gasteiger partial charge on any atom is -0.506 e. The lowest BCUT2D eigenvalue weighted by Gasteiger charge is -2.08. The van der Waals surface area contributed by atoms with Crippen LogP contribution in [0.3, 0.4) is 0 Å². The Morgan fingerprint density at radius 1 is 0.846 bits per heavy atom. The fourth-order valence-corrected chi connectivity index (χ4v) is 3.27. The molecule has 1 aromatic carbocycles. The number of hydrogen-bond acceptors (Lipinski definition) is 2.